The molecule has 1 aromatic carbocycles. The van der Waals surface area contributed by atoms with Crippen LogP contribution in [0.3, 0.4) is 0 Å². The molecule has 1 unspecified atom stereocenters. The Morgan fingerprint density at radius 1 is 1.07 bits per heavy atom. The normalized spacial score (nSPS) is 15.4. The number of carbonyl (C=O) groups excluding carboxylic acids is 2. The van der Waals surface area contributed by atoms with Gasteiger partial charge in [0.25, 0.3) is 0 Å². The van der Waals surface area contributed by atoms with Crippen LogP contribution in [0.25, 0.3) is 0 Å². The molecule has 0 saturated heterocycles. The van der Waals surface area contributed by atoms with E-state index in [1.54, 1.807) is 38.4 Å². The van der Waals surface area contributed by atoms with Gasteiger partial charge in [0.1, 0.15) is 11.5 Å². The molecule has 148 valence electrons. The first-order valence-electron chi connectivity index (χ1n) is 9.97. The van der Waals surface area contributed by atoms with Crippen LogP contribution in [-0.4, -0.2) is 25.6 Å². The number of nitrogens with zero attached hydrogens (tertiary/aromatic N) is 1. The number of Topliss-reactive ketones (excluding diaryl/α,β-unsaturated/α-hetero) is 1. The molecule has 0 spiro atoms. The van der Waals surface area contributed by atoms with Crippen molar-refractivity contribution in [2.75, 3.05) is 18.6 Å². The Labute approximate surface area is 162 Å². The van der Waals surface area contributed by atoms with Gasteiger partial charge < -0.3 is 9.47 Å². The Hall–Kier alpha value is -2.30. The number of allylic oxidation sites excluding steroid dienone is 1. The Morgan fingerprint density at radius 2 is 1.81 bits per heavy atom. The Kier molecular flexibility index (Phi) is 8.37. The van der Waals surface area contributed by atoms with E-state index in [1.807, 2.05) is 6.07 Å². The summed E-state index contributed by atoms with van der Waals surface area (Å²) in [6, 6.07) is 5.44. The van der Waals surface area contributed by atoms with Crippen molar-refractivity contribution in [1.82, 2.24) is 0 Å². The van der Waals surface area contributed by atoms with Crippen LogP contribution in [0, 0.1) is 0 Å². The number of carbonyl (C=O) groups is 2. The number of ketones is 1. The van der Waals surface area contributed by atoms with Crippen molar-refractivity contribution in [2.45, 2.75) is 64.7 Å². The summed E-state index contributed by atoms with van der Waals surface area (Å²) in [6.45, 7) is 4.27. The van der Waals surface area contributed by atoms with Gasteiger partial charge in [-0.15, -0.1) is 0 Å². The van der Waals surface area contributed by atoms with Crippen molar-refractivity contribution in [3.05, 3.63) is 36.0 Å². The van der Waals surface area contributed by atoms with Gasteiger partial charge in [-0.3, -0.25) is 9.69 Å². The second kappa shape index (κ2) is 10.8. The SMILES string of the molecule is CCCCCCCCC(=O)C1C=CN(C(=O)OCC)c2ccc(OC)cc21. The van der Waals surface area contributed by atoms with Gasteiger partial charge in [0.15, 0.2) is 0 Å². The second-order valence-electron chi connectivity index (χ2n) is 6.80. The van der Waals surface area contributed by atoms with Crippen LogP contribution in [0.5, 0.6) is 5.75 Å². The number of benzene rings is 1. The zero-order chi connectivity index (χ0) is 19.6. The number of amides is 1. The zero-order valence-corrected chi connectivity index (χ0v) is 16.7. The highest BCUT2D eigenvalue weighted by molar-refractivity contribution is 5.97. The van der Waals surface area contributed by atoms with E-state index in [0.717, 1.165) is 18.4 Å². The first kappa shape index (κ1) is 21.0. The average Bonchev–Trinajstić information content (AvgIpc) is 2.69. The molecule has 1 atom stereocenters. The summed E-state index contributed by atoms with van der Waals surface area (Å²) >= 11 is 0. The summed E-state index contributed by atoms with van der Waals surface area (Å²) in [6.07, 6.45) is 10.5. The van der Waals surface area contributed by atoms with E-state index in [0.29, 0.717) is 24.5 Å². The van der Waals surface area contributed by atoms with E-state index in [-0.39, 0.29) is 11.7 Å². The van der Waals surface area contributed by atoms with E-state index in [9.17, 15) is 9.59 Å². The number of ether oxygens (including phenoxy) is 2. The van der Waals surface area contributed by atoms with Gasteiger partial charge >= 0.3 is 6.09 Å². The van der Waals surface area contributed by atoms with Crippen LogP contribution in [0.15, 0.2) is 30.5 Å². The van der Waals surface area contributed by atoms with Crippen molar-refractivity contribution in [2.24, 2.45) is 0 Å². The van der Waals surface area contributed by atoms with Crippen molar-refractivity contribution < 1.29 is 19.1 Å². The molecule has 1 amide bonds. The van der Waals surface area contributed by atoms with Gasteiger partial charge in [0.2, 0.25) is 0 Å². The molecule has 0 aromatic heterocycles. The van der Waals surface area contributed by atoms with Crippen molar-refractivity contribution >= 4 is 17.6 Å². The molecule has 1 aliphatic heterocycles. The van der Waals surface area contributed by atoms with Crippen LogP contribution in [-0.2, 0) is 9.53 Å². The first-order chi connectivity index (χ1) is 13.1. The summed E-state index contributed by atoms with van der Waals surface area (Å²) in [5.41, 5.74) is 1.47. The van der Waals surface area contributed by atoms with E-state index in [1.165, 1.54) is 30.6 Å². The molecule has 5 heteroatoms. The lowest BCUT2D eigenvalue weighted by atomic mass is 9.88. The lowest BCUT2D eigenvalue weighted by Crippen LogP contribution is -2.31. The van der Waals surface area contributed by atoms with Gasteiger partial charge in [0.05, 0.1) is 25.3 Å². The summed E-state index contributed by atoms with van der Waals surface area (Å²) in [5, 5.41) is 0. The minimum atomic E-state index is -0.443. The molecule has 1 aliphatic rings. The predicted octanol–water partition coefficient (Wildman–Crippen LogP) is 5.59. The number of hydrogen-bond donors (Lipinski definition) is 0. The fourth-order valence-electron chi connectivity index (χ4n) is 3.35. The monoisotopic (exact) mass is 373 g/mol. The number of fused-ring (bicyclic) bond motifs is 1. The maximum absolute atomic E-state index is 12.8. The lowest BCUT2D eigenvalue weighted by molar-refractivity contribution is -0.119. The topological polar surface area (TPSA) is 55.8 Å². The van der Waals surface area contributed by atoms with Gasteiger partial charge in [-0.05, 0) is 37.1 Å². The van der Waals surface area contributed by atoms with Gasteiger partial charge in [-0.1, -0.05) is 45.1 Å². The third-order valence-corrected chi connectivity index (χ3v) is 4.85. The molecule has 27 heavy (non-hydrogen) atoms. The molecule has 0 fully saturated rings. The molecule has 1 aromatic rings. The Bertz CT molecular complexity index is 668. The molecular weight excluding hydrogens is 342 g/mol. The molecular formula is C22H31NO4. The molecule has 0 N–H and O–H groups in total. The maximum Gasteiger partial charge on any atom is 0.418 e. The van der Waals surface area contributed by atoms with Crippen LogP contribution >= 0.6 is 0 Å². The van der Waals surface area contributed by atoms with Crippen molar-refractivity contribution in [3.8, 4) is 5.75 Å². The van der Waals surface area contributed by atoms with Crippen LogP contribution in [0.4, 0.5) is 10.5 Å². The molecule has 2 rings (SSSR count). The number of unbranched alkanes of at least 4 members (excludes halogenated alkanes) is 5. The summed E-state index contributed by atoms with van der Waals surface area (Å²) in [7, 11) is 1.59. The van der Waals surface area contributed by atoms with Gasteiger partial charge in [-0.25, -0.2) is 4.79 Å². The molecule has 0 aliphatic carbocycles. The molecule has 0 radical (unpaired) electrons. The molecule has 5 nitrogen and oxygen atoms in total. The summed E-state index contributed by atoms with van der Waals surface area (Å²) < 4.78 is 10.4. The van der Waals surface area contributed by atoms with Gasteiger partial charge in [0, 0.05) is 12.6 Å². The Morgan fingerprint density at radius 3 is 2.52 bits per heavy atom. The Balaban J connectivity index is 2.10. The summed E-state index contributed by atoms with van der Waals surface area (Å²) in [5.74, 6) is 0.501. The van der Waals surface area contributed by atoms with E-state index < -0.39 is 6.09 Å². The largest absolute Gasteiger partial charge is 0.497 e. The third-order valence-electron chi connectivity index (χ3n) is 4.85. The van der Waals surface area contributed by atoms with Crippen LogP contribution in [0.2, 0.25) is 0 Å². The standard InChI is InChI=1S/C22H31NO4/c1-4-6-7-8-9-10-11-21(24)18-14-15-23(22(25)27-5-2)20-13-12-17(26-3)16-19(18)20/h12-16,18H,4-11H2,1-3H3. The maximum atomic E-state index is 12.8. The number of rotatable bonds is 10. The van der Waals surface area contributed by atoms with Crippen LogP contribution < -0.4 is 9.64 Å². The minimum Gasteiger partial charge on any atom is -0.497 e. The highest BCUT2D eigenvalue weighted by Crippen LogP contribution is 2.37. The van der Waals surface area contributed by atoms with Gasteiger partial charge in [-0.2, -0.15) is 0 Å². The predicted molar refractivity (Wildman–Crippen MR) is 107 cm³/mol. The van der Waals surface area contributed by atoms with Crippen LogP contribution in [0.1, 0.15) is 70.3 Å². The van der Waals surface area contributed by atoms with E-state index in [2.05, 4.69) is 6.92 Å². The minimum absolute atomic E-state index is 0.180. The third kappa shape index (κ3) is 5.59. The molecule has 0 saturated carbocycles. The number of hydrogen-bond acceptors (Lipinski definition) is 4. The highest BCUT2D eigenvalue weighted by Gasteiger charge is 2.29. The smallest absolute Gasteiger partial charge is 0.418 e. The summed E-state index contributed by atoms with van der Waals surface area (Å²) in [4.78, 5) is 26.5. The quantitative estimate of drug-likeness (QED) is 0.502. The van der Waals surface area contributed by atoms with E-state index >= 15 is 0 Å². The lowest BCUT2D eigenvalue weighted by Gasteiger charge is -2.28. The zero-order valence-electron chi connectivity index (χ0n) is 16.7. The molecule has 1 heterocycles. The first-order valence-corrected chi connectivity index (χ1v) is 9.97. The number of anilines is 1. The fraction of sp³-hybridized carbons (Fsp3) is 0.545. The average molecular weight is 373 g/mol. The second-order valence-corrected chi connectivity index (χ2v) is 6.80. The molecule has 0 bridgehead atoms. The van der Waals surface area contributed by atoms with E-state index in [4.69, 9.17) is 9.47 Å². The number of methoxy groups -OCH3 is 1. The van der Waals surface area contributed by atoms with Crippen molar-refractivity contribution in [1.29, 1.82) is 0 Å². The fourth-order valence-corrected chi connectivity index (χ4v) is 3.35. The van der Waals surface area contributed by atoms with Crippen molar-refractivity contribution in [3.63, 3.8) is 0 Å². The highest BCUT2D eigenvalue weighted by atomic mass is 16.6.